The van der Waals surface area contributed by atoms with E-state index < -0.39 is 5.91 Å². The molecular formula is C26H30ClN7O5. The number of methoxy groups -OCH3 is 2. The van der Waals surface area contributed by atoms with Crippen LogP contribution in [0.5, 0.6) is 5.88 Å². The van der Waals surface area contributed by atoms with Crippen molar-refractivity contribution in [3.05, 3.63) is 58.5 Å². The van der Waals surface area contributed by atoms with Gasteiger partial charge in [0.25, 0.3) is 11.8 Å². The molecule has 0 radical (unpaired) electrons. The lowest BCUT2D eigenvalue weighted by molar-refractivity contribution is 0.0291. The van der Waals surface area contributed by atoms with Crippen LogP contribution in [0.4, 0.5) is 5.69 Å². The Bertz CT molecular complexity index is 1480. The molecule has 1 aromatic carbocycles. The maximum absolute atomic E-state index is 13.6. The van der Waals surface area contributed by atoms with E-state index in [2.05, 4.69) is 25.8 Å². The Hall–Kier alpha value is -4.00. The summed E-state index contributed by atoms with van der Waals surface area (Å²) in [4.78, 5) is 31.3. The molecule has 13 heteroatoms. The maximum Gasteiger partial charge on any atom is 0.274 e. The average molecular weight is 556 g/mol. The van der Waals surface area contributed by atoms with Crippen molar-refractivity contribution < 1.29 is 23.8 Å². The molecule has 0 aliphatic carbocycles. The molecule has 0 aliphatic heterocycles. The number of nitrogens with one attached hydrogen (secondary N) is 2. The lowest BCUT2D eigenvalue weighted by Gasteiger charge is -2.15. The Morgan fingerprint density at radius 3 is 2.67 bits per heavy atom. The van der Waals surface area contributed by atoms with Crippen LogP contribution in [0.15, 0.2) is 36.7 Å². The van der Waals surface area contributed by atoms with E-state index in [4.69, 9.17) is 25.8 Å². The first-order valence-electron chi connectivity index (χ1n) is 12.3. The summed E-state index contributed by atoms with van der Waals surface area (Å²) < 4.78 is 18.7. The highest BCUT2D eigenvalue weighted by atomic mass is 35.5. The standard InChI is InChI=1S/C26H30ClN7O5/c1-5-8-29-26(36)21-22(16(2)12-17-14-33(32-23(17)21)15-39-11-10-37-3)30-25(35)19-13-20(38-4)31-34(19)24-18(27)7-6-9-28-24/h6-7,9,12-14H,5,8,10-11,15H2,1-4H3,(H,29,36)(H,30,35). The smallest absolute Gasteiger partial charge is 0.274 e. The number of aromatic nitrogens is 5. The lowest BCUT2D eigenvalue weighted by atomic mass is 10.0. The number of carbonyl (C=O) groups excluding carboxylic acids is 2. The number of rotatable bonds is 12. The van der Waals surface area contributed by atoms with Gasteiger partial charge >= 0.3 is 0 Å². The van der Waals surface area contributed by atoms with Crippen molar-refractivity contribution in [3.63, 3.8) is 0 Å². The molecule has 0 unspecified atom stereocenters. The summed E-state index contributed by atoms with van der Waals surface area (Å²) in [6.45, 7) is 5.26. The highest BCUT2D eigenvalue weighted by Crippen LogP contribution is 2.31. The van der Waals surface area contributed by atoms with Crippen LogP contribution in [0.1, 0.15) is 39.8 Å². The number of hydrogen-bond acceptors (Lipinski definition) is 8. The van der Waals surface area contributed by atoms with Crippen molar-refractivity contribution in [2.75, 3.05) is 39.3 Å². The summed E-state index contributed by atoms with van der Waals surface area (Å²) in [6.07, 6.45) is 4.08. The lowest BCUT2D eigenvalue weighted by Crippen LogP contribution is -2.27. The normalized spacial score (nSPS) is 11.1. The zero-order valence-corrected chi connectivity index (χ0v) is 22.9. The van der Waals surface area contributed by atoms with E-state index in [1.54, 1.807) is 36.3 Å². The highest BCUT2D eigenvalue weighted by molar-refractivity contribution is 6.32. The van der Waals surface area contributed by atoms with Crippen molar-refractivity contribution in [2.24, 2.45) is 0 Å². The molecule has 0 fully saturated rings. The Kier molecular flexibility index (Phi) is 9.12. The second-order valence-corrected chi connectivity index (χ2v) is 8.99. The van der Waals surface area contributed by atoms with Crippen LogP contribution >= 0.6 is 11.6 Å². The summed E-state index contributed by atoms with van der Waals surface area (Å²) in [5.74, 6) is -0.442. The van der Waals surface area contributed by atoms with Crippen molar-refractivity contribution in [1.29, 1.82) is 0 Å². The minimum absolute atomic E-state index is 0.115. The van der Waals surface area contributed by atoms with Gasteiger partial charge in [-0.1, -0.05) is 18.5 Å². The number of pyridine rings is 1. The van der Waals surface area contributed by atoms with E-state index in [1.807, 2.05) is 19.9 Å². The van der Waals surface area contributed by atoms with Crippen LogP contribution in [0.2, 0.25) is 5.02 Å². The molecule has 39 heavy (non-hydrogen) atoms. The van der Waals surface area contributed by atoms with Gasteiger partial charge in [-0.05, 0) is 37.1 Å². The number of aryl methyl sites for hydroxylation is 1. The number of carbonyl (C=O) groups is 2. The largest absolute Gasteiger partial charge is 0.480 e. The van der Waals surface area contributed by atoms with Crippen molar-refractivity contribution >= 4 is 40.0 Å². The third-order valence-corrected chi connectivity index (χ3v) is 6.06. The zero-order valence-electron chi connectivity index (χ0n) is 22.2. The maximum atomic E-state index is 13.6. The number of benzene rings is 1. The summed E-state index contributed by atoms with van der Waals surface area (Å²) in [5, 5.41) is 15.7. The fourth-order valence-electron chi connectivity index (χ4n) is 3.93. The molecule has 0 atom stereocenters. The molecule has 4 rings (SSSR count). The van der Waals surface area contributed by atoms with E-state index in [9.17, 15) is 9.59 Å². The second-order valence-electron chi connectivity index (χ2n) is 8.58. The van der Waals surface area contributed by atoms with Crippen LogP contribution in [-0.2, 0) is 16.2 Å². The number of amides is 2. The number of halogens is 1. The molecule has 4 aromatic rings. The van der Waals surface area contributed by atoms with Crippen LogP contribution in [0.3, 0.4) is 0 Å². The molecule has 2 N–H and O–H groups in total. The Morgan fingerprint density at radius 2 is 1.95 bits per heavy atom. The van der Waals surface area contributed by atoms with Gasteiger partial charge in [0.05, 0.1) is 36.6 Å². The zero-order chi connectivity index (χ0) is 27.9. The van der Waals surface area contributed by atoms with Gasteiger partial charge in [-0.25, -0.2) is 14.3 Å². The first-order chi connectivity index (χ1) is 18.9. The molecule has 12 nitrogen and oxygen atoms in total. The molecular weight excluding hydrogens is 526 g/mol. The van der Waals surface area contributed by atoms with Crippen LogP contribution in [0, 0.1) is 6.92 Å². The highest BCUT2D eigenvalue weighted by Gasteiger charge is 2.25. The van der Waals surface area contributed by atoms with Gasteiger partial charge in [-0.3, -0.25) is 9.59 Å². The number of anilines is 1. The van der Waals surface area contributed by atoms with Crippen LogP contribution < -0.4 is 15.4 Å². The predicted octanol–water partition coefficient (Wildman–Crippen LogP) is 3.60. The molecule has 3 heterocycles. The number of hydrogen-bond donors (Lipinski definition) is 2. The molecule has 0 saturated heterocycles. The first-order valence-corrected chi connectivity index (χ1v) is 12.7. The molecule has 3 aromatic heterocycles. The van der Waals surface area contributed by atoms with E-state index in [-0.39, 0.29) is 35.6 Å². The monoisotopic (exact) mass is 555 g/mol. The molecule has 0 aliphatic rings. The number of ether oxygens (including phenoxy) is 3. The third kappa shape index (κ3) is 6.19. The van der Waals surface area contributed by atoms with E-state index in [1.165, 1.54) is 17.9 Å². The minimum atomic E-state index is -0.540. The SMILES string of the molecule is CCCNC(=O)c1c(NC(=O)c2cc(OC)nn2-c2ncccc2Cl)c(C)cc2cn(COCCOC)nc12. The van der Waals surface area contributed by atoms with Crippen molar-refractivity contribution in [3.8, 4) is 11.7 Å². The Morgan fingerprint density at radius 1 is 1.13 bits per heavy atom. The van der Waals surface area contributed by atoms with Crippen molar-refractivity contribution in [2.45, 2.75) is 27.0 Å². The quantitative estimate of drug-likeness (QED) is 0.253. The Labute approximate surface area is 230 Å². The van der Waals surface area contributed by atoms with Gasteiger partial charge in [0, 0.05) is 37.5 Å². The van der Waals surface area contributed by atoms with Gasteiger partial charge in [-0.15, -0.1) is 5.10 Å². The molecule has 2 amide bonds. The Balaban J connectivity index is 1.76. The topological polar surface area (TPSA) is 134 Å². The summed E-state index contributed by atoms with van der Waals surface area (Å²) >= 11 is 6.33. The van der Waals surface area contributed by atoms with E-state index in [0.717, 1.165) is 11.8 Å². The first kappa shape index (κ1) is 28.0. The van der Waals surface area contributed by atoms with E-state index >= 15 is 0 Å². The van der Waals surface area contributed by atoms with Gasteiger partial charge in [0.1, 0.15) is 17.9 Å². The molecule has 206 valence electrons. The summed E-state index contributed by atoms with van der Waals surface area (Å²) in [7, 11) is 3.04. The summed E-state index contributed by atoms with van der Waals surface area (Å²) in [5.41, 5.74) is 1.79. The van der Waals surface area contributed by atoms with Gasteiger partial charge in [0.2, 0.25) is 5.88 Å². The molecule has 0 bridgehead atoms. The van der Waals surface area contributed by atoms with Crippen molar-refractivity contribution in [1.82, 2.24) is 29.9 Å². The fourth-order valence-corrected chi connectivity index (χ4v) is 4.13. The van der Waals surface area contributed by atoms with Gasteiger partial charge < -0.3 is 24.8 Å². The molecule has 0 spiro atoms. The number of fused-ring (bicyclic) bond motifs is 1. The molecule has 0 saturated carbocycles. The van der Waals surface area contributed by atoms with E-state index in [0.29, 0.717) is 41.5 Å². The van der Waals surface area contributed by atoms with Gasteiger partial charge in [0.15, 0.2) is 5.82 Å². The van der Waals surface area contributed by atoms with Crippen LogP contribution in [-0.4, -0.2) is 70.3 Å². The van der Waals surface area contributed by atoms with Gasteiger partial charge in [-0.2, -0.15) is 5.10 Å². The fraction of sp³-hybridized carbons (Fsp3) is 0.346. The minimum Gasteiger partial charge on any atom is -0.480 e. The third-order valence-electron chi connectivity index (χ3n) is 5.77. The summed E-state index contributed by atoms with van der Waals surface area (Å²) in [6, 6.07) is 6.64. The number of nitrogens with zero attached hydrogens (tertiary/aromatic N) is 5. The second kappa shape index (κ2) is 12.7. The predicted molar refractivity (Wildman–Crippen MR) is 146 cm³/mol. The average Bonchev–Trinajstić information content (AvgIpc) is 3.54. The van der Waals surface area contributed by atoms with Crippen LogP contribution in [0.25, 0.3) is 16.7 Å².